The van der Waals surface area contributed by atoms with Gasteiger partial charge in [0.05, 0.1) is 0 Å². The minimum atomic E-state index is -0.118. The first-order valence-corrected chi connectivity index (χ1v) is 12.1. The Morgan fingerprint density at radius 1 is 0.515 bits per heavy atom. The minimum absolute atomic E-state index is 0.118. The van der Waals surface area contributed by atoms with Crippen LogP contribution in [-0.2, 0) is 13.1 Å². The molecule has 2 aromatic rings. The summed E-state index contributed by atoms with van der Waals surface area (Å²) in [6, 6.07) is 7.33. The summed E-state index contributed by atoms with van der Waals surface area (Å²) < 4.78 is 0. The summed E-state index contributed by atoms with van der Waals surface area (Å²) in [7, 11) is 0. The number of urea groups is 2. The van der Waals surface area contributed by atoms with E-state index in [0.29, 0.717) is 26.2 Å². The van der Waals surface area contributed by atoms with Crippen molar-refractivity contribution in [3.63, 3.8) is 0 Å². The number of nitrogens with zero attached hydrogens (tertiary/aromatic N) is 2. The average Bonchev–Trinajstić information content (AvgIpc) is 2.85. The standard InChI is InChI=1S/C25H38N6O2/c32-24(30-20-22-10-16-26-17-11-22)28-14-8-6-4-2-1-3-5-7-9-15-29-25(33)31-21-23-12-18-27-19-13-23/h10-13,16-19H,1-9,14-15,20-21H2,(H2,28,30,32)(H2,29,31,33). The molecule has 0 aliphatic heterocycles. The fraction of sp³-hybridized carbons (Fsp3) is 0.520. The maximum Gasteiger partial charge on any atom is 0.315 e. The molecule has 2 rings (SSSR count). The van der Waals surface area contributed by atoms with Gasteiger partial charge in [0.15, 0.2) is 0 Å². The molecule has 33 heavy (non-hydrogen) atoms. The van der Waals surface area contributed by atoms with Crippen LogP contribution in [-0.4, -0.2) is 35.1 Å². The van der Waals surface area contributed by atoms with Crippen molar-refractivity contribution in [2.24, 2.45) is 0 Å². The Morgan fingerprint density at radius 3 is 1.21 bits per heavy atom. The number of rotatable bonds is 16. The molecule has 0 atom stereocenters. The monoisotopic (exact) mass is 454 g/mol. The minimum Gasteiger partial charge on any atom is -0.338 e. The van der Waals surface area contributed by atoms with Gasteiger partial charge in [-0.15, -0.1) is 0 Å². The van der Waals surface area contributed by atoms with E-state index in [9.17, 15) is 9.59 Å². The Hall–Kier alpha value is -3.16. The molecular weight excluding hydrogens is 416 g/mol. The highest BCUT2D eigenvalue weighted by molar-refractivity contribution is 5.74. The lowest BCUT2D eigenvalue weighted by molar-refractivity contribution is 0.239. The van der Waals surface area contributed by atoms with E-state index in [1.165, 1.54) is 32.1 Å². The number of carbonyl (C=O) groups excluding carboxylic acids is 2. The summed E-state index contributed by atoms with van der Waals surface area (Å²) in [5.74, 6) is 0. The molecule has 4 N–H and O–H groups in total. The average molecular weight is 455 g/mol. The van der Waals surface area contributed by atoms with Gasteiger partial charge in [-0.3, -0.25) is 9.97 Å². The Labute approximate surface area is 197 Å². The molecule has 0 aromatic carbocycles. The van der Waals surface area contributed by atoms with E-state index in [0.717, 1.165) is 36.8 Å². The zero-order valence-electron chi connectivity index (χ0n) is 19.5. The Kier molecular flexibility index (Phi) is 13.8. The number of aromatic nitrogens is 2. The van der Waals surface area contributed by atoms with Crippen molar-refractivity contribution in [1.29, 1.82) is 0 Å². The molecule has 0 aliphatic carbocycles. The van der Waals surface area contributed by atoms with Crippen LogP contribution in [0.3, 0.4) is 0 Å². The van der Waals surface area contributed by atoms with Crippen LogP contribution >= 0.6 is 0 Å². The molecule has 0 bridgehead atoms. The van der Waals surface area contributed by atoms with Gasteiger partial charge < -0.3 is 21.3 Å². The number of unbranched alkanes of at least 4 members (excludes halogenated alkanes) is 8. The lowest BCUT2D eigenvalue weighted by Gasteiger charge is -2.08. The predicted octanol–water partition coefficient (Wildman–Crippen LogP) is 4.29. The van der Waals surface area contributed by atoms with Crippen molar-refractivity contribution in [1.82, 2.24) is 31.2 Å². The Morgan fingerprint density at radius 2 is 0.848 bits per heavy atom. The van der Waals surface area contributed by atoms with Crippen LogP contribution in [0.5, 0.6) is 0 Å². The molecular formula is C25H38N6O2. The molecule has 0 spiro atoms. The van der Waals surface area contributed by atoms with E-state index in [1.54, 1.807) is 24.8 Å². The predicted molar refractivity (Wildman–Crippen MR) is 131 cm³/mol. The Bertz CT molecular complexity index is 707. The topological polar surface area (TPSA) is 108 Å². The lowest BCUT2D eigenvalue weighted by Crippen LogP contribution is -2.35. The van der Waals surface area contributed by atoms with Gasteiger partial charge >= 0.3 is 12.1 Å². The first-order chi connectivity index (χ1) is 16.2. The van der Waals surface area contributed by atoms with Crippen LogP contribution in [0.1, 0.15) is 68.9 Å². The van der Waals surface area contributed by atoms with Gasteiger partial charge in [-0.2, -0.15) is 0 Å². The fourth-order valence-corrected chi connectivity index (χ4v) is 3.38. The summed E-state index contributed by atoms with van der Waals surface area (Å²) in [6.45, 7) is 2.46. The van der Waals surface area contributed by atoms with Gasteiger partial charge in [0, 0.05) is 51.0 Å². The highest BCUT2D eigenvalue weighted by atomic mass is 16.2. The molecule has 180 valence electrons. The quantitative estimate of drug-likeness (QED) is 0.284. The fourth-order valence-electron chi connectivity index (χ4n) is 3.38. The van der Waals surface area contributed by atoms with Crippen molar-refractivity contribution in [3.05, 3.63) is 60.2 Å². The molecule has 0 saturated heterocycles. The van der Waals surface area contributed by atoms with Gasteiger partial charge in [0.2, 0.25) is 0 Å². The maximum absolute atomic E-state index is 11.8. The highest BCUT2D eigenvalue weighted by Crippen LogP contribution is 2.09. The number of amides is 4. The van der Waals surface area contributed by atoms with Gasteiger partial charge in [-0.25, -0.2) is 9.59 Å². The van der Waals surface area contributed by atoms with Crippen LogP contribution in [0.2, 0.25) is 0 Å². The van der Waals surface area contributed by atoms with Crippen molar-refractivity contribution in [3.8, 4) is 0 Å². The number of hydrogen-bond acceptors (Lipinski definition) is 4. The van der Waals surface area contributed by atoms with Crippen molar-refractivity contribution in [2.75, 3.05) is 13.1 Å². The van der Waals surface area contributed by atoms with Gasteiger partial charge in [0.25, 0.3) is 0 Å². The molecule has 0 aliphatic rings. The number of carbonyl (C=O) groups is 2. The van der Waals surface area contributed by atoms with Crippen molar-refractivity contribution in [2.45, 2.75) is 70.9 Å². The highest BCUT2D eigenvalue weighted by Gasteiger charge is 2.01. The van der Waals surface area contributed by atoms with E-state index < -0.39 is 0 Å². The first kappa shape index (κ1) is 26.1. The van der Waals surface area contributed by atoms with E-state index >= 15 is 0 Å². The summed E-state index contributed by atoms with van der Waals surface area (Å²) in [6.07, 6.45) is 17.3. The molecule has 0 fully saturated rings. The zero-order valence-corrected chi connectivity index (χ0v) is 19.5. The van der Waals surface area contributed by atoms with Crippen molar-refractivity contribution < 1.29 is 9.59 Å². The third-order valence-corrected chi connectivity index (χ3v) is 5.33. The van der Waals surface area contributed by atoms with E-state index in [2.05, 4.69) is 31.2 Å². The van der Waals surface area contributed by atoms with Crippen LogP contribution in [0.15, 0.2) is 49.1 Å². The lowest BCUT2D eigenvalue weighted by atomic mass is 10.1. The number of pyridine rings is 2. The molecule has 2 heterocycles. The largest absolute Gasteiger partial charge is 0.338 e. The Balaban J connectivity index is 1.29. The molecule has 2 aromatic heterocycles. The van der Waals surface area contributed by atoms with E-state index in [-0.39, 0.29) is 12.1 Å². The molecule has 8 nitrogen and oxygen atoms in total. The second kappa shape index (κ2) is 17.4. The van der Waals surface area contributed by atoms with E-state index in [1.807, 2.05) is 24.3 Å². The smallest absolute Gasteiger partial charge is 0.315 e. The van der Waals surface area contributed by atoms with Gasteiger partial charge in [-0.1, -0.05) is 44.9 Å². The second-order valence-corrected chi connectivity index (χ2v) is 8.11. The molecule has 0 unspecified atom stereocenters. The zero-order chi connectivity index (χ0) is 23.4. The number of nitrogens with one attached hydrogen (secondary N) is 4. The van der Waals surface area contributed by atoms with Crippen molar-refractivity contribution >= 4 is 12.1 Å². The maximum atomic E-state index is 11.8. The van der Waals surface area contributed by atoms with Crippen LogP contribution in [0, 0.1) is 0 Å². The van der Waals surface area contributed by atoms with Crippen LogP contribution in [0.25, 0.3) is 0 Å². The van der Waals surface area contributed by atoms with E-state index in [4.69, 9.17) is 0 Å². The normalized spacial score (nSPS) is 10.4. The van der Waals surface area contributed by atoms with Gasteiger partial charge in [-0.05, 0) is 48.2 Å². The third-order valence-electron chi connectivity index (χ3n) is 5.33. The molecule has 8 heteroatoms. The second-order valence-electron chi connectivity index (χ2n) is 8.11. The van der Waals surface area contributed by atoms with Gasteiger partial charge in [0.1, 0.15) is 0 Å². The van der Waals surface area contributed by atoms with Crippen LogP contribution in [0.4, 0.5) is 9.59 Å². The summed E-state index contributed by atoms with van der Waals surface area (Å²) >= 11 is 0. The first-order valence-electron chi connectivity index (χ1n) is 12.1. The summed E-state index contributed by atoms with van der Waals surface area (Å²) in [4.78, 5) is 31.4. The molecule has 0 radical (unpaired) electrons. The SMILES string of the molecule is O=C(NCCCCCCCCCCCNC(=O)NCc1ccncc1)NCc1ccncc1. The molecule has 4 amide bonds. The molecule has 0 saturated carbocycles. The summed E-state index contributed by atoms with van der Waals surface area (Å²) in [5.41, 5.74) is 2.08. The summed E-state index contributed by atoms with van der Waals surface area (Å²) in [5, 5.41) is 11.5. The third kappa shape index (κ3) is 13.8. The number of hydrogen-bond donors (Lipinski definition) is 4. The van der Waals surface area contributed by atoms with Crippen LogP contribution < -0.4 is 21.3 Å².